The van der Waals surface area contributed by atoms with Crippen LogP contribution in [-0.4, -0.2) is 24.5 Å². The number of hydrogen-bond donors (Lipinski definition) is 0. The predicted molar refractivity (Wildman–Crippen MR) is 52.8 cm³/mol. The minimum absolute atomic E-state index is 0.282. The monoisotopic (exact) mass is 228 g/mol. The summed E-state index contributed by atoms with van der Waals surface area (Å²) in [5.74, 6) is 0.282. The second-order valence-electron chi connectivity index (χ2n) is 3.20. The third kappa shape index (κ3) is 2.96. The van der Waals surface area contributed by atoms with E-state index in [1.54, 1.807) is 0 Å². The molecule has 0 aromatic heterocycles. The van der Waals surface area contributed by atoms with Gasteiger partial charge in [0.25, 0.3) is 0 Å². The summed E-state index contributed by atoms with van der Waals surface area (Å²) in [6.07, 6.45) is 2.02. The lowest BCUT2D eigenvalue weighted by Gasteiger charge is -2.28. The van der Waals surface area contributed by atoms with Gasteiger partial charge < -0.3 is 0 Å². The quantitative estimate of drug-likeness (QED) is 0.725. The number of rotatable bonds is 2. The van der Waals surface area contributed by atoms with Crippen molar-refractivity contribution in [1.29, 1.82) is 5.26 Å². The molecular formula is C9H13BrN2. The second-order valence-corrected chi connectivity index (χ2v) is 4.32. The molecule has 1 aliphatic heterocycles. The van der Waals surface area contributed by atoms with E-state index in [0.29, 0.717) is 0 Å². The van der Waals surface area contributed by atoms with Gasteiger partial charge in [0.2, 0.25) is 0 Å². The Morgan fingerprint density at radius 1 is 1.58 bits per heavy atom. The van der Waals surface area contributed by atoms with Gasteiger partial charge >= 0.3 is 0 Å². The van der Waals surface area contributed by atoms with Crippen LogP contribution in [0.15, 0.2) is 11.1 Å². The standard InChI is InChI=1S/C9H13BrN2/c1-8(10)7-12-4-2-9(6-11)3-5-12/h9H,1-5,7H2. The van der Waals surface area contributed by atoms with Crippen LogP contribution in [0.2, 0.25) is 0 Å². The molecule has 1 saturated heterocycles. The molecule has 0 bridgehead atoms. The van der Waals surface area contributed by atoms with Crippen molar-refractivity contribution in [3.63, 3.8) is 0 Å². The third-order valence-corrected chi connectivity index (χ3v) is 2.42. The van der Waals surface area contributed by atoms with Crippen LogP contribution in [-0.2, 0) is 0 Å². The Labute approximate surface area is 82.0 Å². The molecule has 1 fully saturated rings. The van der Waals surface area contributed by atoms with Gasteiger partial charge in [0, 0.05) is 16.9 Å². The van der Waals surface area contributed by atoms with Gasteiger partial charge in [0.1, 0.15) is 0 Å². The molecule has 12 heavy (non-hydrogen) atoms. The number of nitrogens with zero attached hydrogens (tertiary/aromatic N) is 2. The first-order valence-electron chi connectivity index (χ1n) is 4.17. The highest BCUT2D eigenvalue weighted by Gasteiger charge is 2.18. The molecule has 1 rings (SSSR count). The zero-order valence-electron chi connectivity index (χ0n) is 7.09. The largest absolute Gasteiger partial charge is 0.298 e. The van der Waals surface area contributed by atoms with E-state index in [2.05, 4.69) is 33.5 Å². The van der Waals surface area contributed by atoms with Crippen molar-refractivity contribution in [3.05, 3.63) is 11.1 Å². The van der Waals surface area contributed by atoms with E-state index in [4.69, 9.17) is 5.26 Å². The van der Waals surface area contributed by atoms with E-state index in [0.717, 1.165) is 37.0 Å². The zero-order chi connectivity index (χ0) is 8.97. The topological polar surface area (TPSA) is 27.0 Å². The number of likely N-dealkylation sites (tertiary alicyclic amines) is 1. The fourth-order valence-corrected chi connectivity index (χ4v) is 1.82. The SMILES string of the molecule is C=C(Br)CN1CCC(C#N)CC1. The van der Waals surface area contributed by atoms with Gasteiger partial charge in [0.05, 0.1) is 6.07 Å². The number of halogens is 1. The molecule has 0 aromatic rings. The molecule has 1 heterocycles. The van der Waals surface area contributed by atoms with Gasteiger partial charge in [-0.15, -0.1) is 0 Å². The highest BCUT2D eigenvalue weighted by atomic mass is 79.9. The highest BCUT2D eigenvalue weighted by molar-refractivity contribution is 9.11. The fraction of sp³-hybridized carbons (Fsp3) is 0.667. The smallest absolute Gasteiger partial charge is 0.0656 e. The van der Waals surface area contributed by atoms with E-state index in [9.17, 15) is 0 Å². The molecule has 0 aliphatic carbocycles. The summed E-state index contributed by atoms with van der Waals surface area (Å²) in [6, 6.07) is 2.32. The number of piperidine rings is 1. The van der Waals surface area contributed by atoms with Gasteiger partial charge in [-0.25, -0.2) is 0 Å². The van der Waals surface area contributed by atoms with Crippen molar-refractivity contribution in [2.24, 2.45) is 5.92 Å². The van der Waals surface area contributed by atoms with E-state index >= 15 is 0 Å². The Kier molecular flexibility index (Phi) is 3.77. The lowest BCUT2D eigenvalue weighted by atomic mass is 9.99. The Hall–Kier alpha value is -0.330. The summed E-state index contributed by atoms with van der Waals surface area (Å²) in [4.78, 5) is 2.32. The van der Waals surface area contributed by atoms with Crippen molar-refractivity contribution >= 4 is 15.9 Å². The molecular weight excluding hydrogens is 216 g/mol. The van der Waals surface area contributed by atoms with Crippen molar-refractivity contribution in [2.75, 3.05) is 19.6 Å². The molecule has 0 radical (unpaired) electrons. The molecule has 0 amide bonds. The van der Waals surface area contributed by atoms with E-state index in [1.165, 1.54) is 0 Å². The third-order valence-electron chi connectivity index (χ3n) is 2.17. The highest BCUT2D eigenvalue weighted by Crippen LogP contribution is 2.17. The molecule has 66 valence electrons. The van der Waals surface area contributed by atoms with Crippen LogP contribution >= 0.6 is 15.9 Å². The first-order chi connectivity index (χ1) is 5.72. The normalized spacial score (nSPS) is 20.3. The predicted octanol–water partition coefficient (Wildman–Crippen LogP) is 2.13. The maximum Gasteiger partial charge on any atom is 0.0656 e. The van der Waals surface area contributed by atoms with Crippen molar-refractivity contribution in [1.82, 2.24) is 4.90 Å². The molecule has 3 heteroatoms. The van der Waals surface area contributed by atoms with Crippen LogP contribution in [0.5, 0.6) is 0 Å². The van der Waals surface area contributed by atoms with Gasteiger partial charge in [0.15, 0.2) is 0 Å². The van der Waals surface area contributed by atoms with Gasteiger partial charge in [-0.05, 0) is 25.9 Å². The molecule has 0 spiro atoms. The zero-order valence-corrected chi connectivity index (χ0v) is 8.68. The minimum atomic E-state index is 0.282. The molecule has 0 atom stereocenters. The van der Waals surface area contributed by atoms with Crippen LogP contribution in [0.1, 0.15) is 12.8 Å². The maximum atomic E-state index is 8.66. The van der Waals surface area contributed by atoms with Crippen LogP contribution in [0.25, 0.3) is 0 Å². The lowest BCUT2D eigenvalue weighted by Crippen LogP contribution is -2.33. The molecule has 0 unspecified atom stereocenters. The summed E-state index contributed by atoms with van der Waals surface area (Å²) >= 11 is 3.34. The van der Waals surface area contributed by atoms with E-state index < -0.39 is 0 Å². The number of hydrogen-bond acceptors (Lipinski definition) is 2. The Balaban J connectivity index is 2.27. The average molecular weight is 229 g/mol. The van der Waals surface area contributed by atoms with Crippen LogP contribution in [0, 0.1) is 17.2 Å². The Morgan fingerprint density at radius 3 is 2.58 bits per heavy atom. The number of nitriles is 1. The van der Waals surface area contributed by atoms with Crippen LogP contribution in [0.4, 0.5) is 0 Å². The Morgan fingerprint density at radius 2 is 2.17 bits per heavy atom. The summed E-state index contributed by atoms with van der Waals surface area (Å²) in [5.41, 5.74) is 0. The second kappa shape index (κ2) is 4.64. The van der Waals surface area contributed by atoms with Gasteiger partial charge in [-0.2, -0.15) is 5.26 Å². The van der Waals surface area contributed by atoms with Gasteiger partial charge in [-0.3, -0.25) is 4.90 Å². The van der Waals surface area contributed by atoms with Crippen molar-refractivity contribution in [2.45, 2.75) is 12.8 Å². The molecule has 0 aromatic carbocycles. The molecule has 1 aliphatic rings. The summed E-state index contributed by atoms with van der Waals surface area (Å²) in [7, 11) is 0. The fourth-order valence-electron chi connectivity index (χ4n) is 1.46. The molecule has 0 saturated carbocycles. The van der Waals surface area contributed by atoms with Crippen LogP contribution < -0.4 is 0 Å². The van der Waals surface area contributed by atoms with E-state index in [1.807, 2.05) is 0 Å². The summed E-state index contributed by atoms with van der Waals surface area (Å²) < 4.78 is 1.03. The first kappa shape index (κ1) is 9.76. The molecule has 2 nitrogen and oxygen atoms in total. The average Bonchev–Trinajstić information content (AvgIpc) is 2.05. The lowest BCUT2D eigenvalue weighted by molar-refractivity contribution is 0.224. The van der Waals surface area contributed by atoms with Crippen molar-refractivity contribution < 1.29 is 0 Å². The summed E-state index contributed by atoms with van der Waals surface area (Å²) in [5, 5.41) is 8.66. The maximum absolute atomic E-state index is 8.66. The molecule has 0 N–H and O–H groups in total. The first-order valence-corrected chi connectivity index (χ1v) is 4.97. The van der Waals surface area contributed by atoms with E-state index in [-0.39, 0.29) is 5.92 Å². The van der Waals surface area contributed by atoms with Crippen LogP contribution in [0.3, 0.4) is 0 Å². The van der Waals surface area contributed by atoms with Crippen molar-refractivity contribution in [3.8, 4) is 6.07 Å². The summed E-state index contributed by atoms with van der Waals surface area (Å²) in [6.45, 7) is 6.77. The minimum Gasteiger partial charge on any atom is -0.298 e. The van der Waals surface area contributed by atoms with Gasteiger partial charge in [-0.1, -0.05) is 22.5 Å². The Bertz CT molecular complexity index is 199.